The molecule has 0 aliphatic heterocycles. The minimum atomic E-state index is -0.0756. The number of hydrogen-bond donors (Lipinski definition) is 2. The predicted octanol–water partition coefficient (Wildman–Crippen LogP) is 6.87. The number of aliphatic hydroxyl groups is 1. The number of benzene rings is 3. The topological polar surface area (TPSA) is 90.7 Å². The Morgan fingerprint density at radius 2 is 1.63 bits per heavy atom. The lowest BCUT2D eigenvalue weighted by molar-refractivity contribution is 0.279. The third kappa shape index (κ3) is 5.96. The van der Waals surface area contributed by atoms with Gasteiger partial charge < -0.3 is 29.2 Å². The molecule has 5 rings (SSSR count). The van der Waals surface area contributed by atoms with Gasteiger partial charge in [-0.05, 0) is 60.0 Å². The number of imidazole rings is 1. The molecule has 0 radical (unpaired) electrons. The summed E-state index contributed by atoms with van der Waals surface area (Å²) in [6.07, 6.45) is 2.90. The Bertz CT molecular complexity index is 1680. The summed E-state index contributed by atoms with van der Waals surface area (Å²) in [5.74, 6) is 3.89. The van der Waals surface area contributed by atoms with Crippen molar-refractivity contribution in [3.8, 4) is 17.2 Å². The number of nitrogens with one attached hydrogen (secondary N) is 1. The Kier molecular flexibility index (Phi) is 8.95. The van der Waals surface area contributed by atoms with Crippen molar-refractivity contribution in [2.24, 2.45) is 0 Å². The van der Waals surface area contributed by atoms with Gasteiger partial charge in [0.1, 0.15) is 28.6 Å². The normalized spacial score (nSPS) is 11.3. The number of halogens is 1. The van der Waals surface area contributed by atoms with Crippen LogP contribution in [0.3, 0.4) is 0 Å². The van der Waals surface area contributed by atoms with E-state index in [1.807, 2.05) is 48.5 Å². The molecular weight excluding hydrogens is 584 g/mol. The Morgan fingerprint density at radius 3 is 2.34 bits per heavy atom. The highest BCUT2D eigenvalue weighted by Gasteiger charge is 2.20. The van der Waals surface area contributed by atoms with Crippen molar-refractivity contribution in [2.75, 3.05) is 26.6 Å². The molecule has 8 nitrogen and oxygen atoms in total. The second kappa shape index (κ2) is 12.8. The SMILES string of the molecule is CCCCc1nc2c(NCc3ccc(OC)cc3OC)nc3ccc(Br)cc3c2n1Cc1ccc(OC)cc1CO. The Balaban J connectivity index is 1.66. The van der Waals surface area contributed by atoms with Crippen molar-refractivity contribution < 1.29 is 19.3 Å². The van der Waals surface area contributed by atoms with E-state index in [0.29, 0.717) is 18.9 Å². The summed E-state index contributed by atoms with van der Waals surface area (Å²) in [6.45, 7) is 3.17. The summed E-state index contributed by atoms with van der Waals surface area (Å²) in [4.78, 5) is 10.2. The van der Waals surface area contributed by atoms with E-state index in [1.54, 1.807) is 21.3 Å². The number of hydrogen-bond acceptors (Lipinski definition) is 7. The van der Waals surface area contributed by atoms with Gasteiger partial charge in [0.25, 0.3) is 0 Å². The lowest BCUT2D eigenvalue weighted by Crippen LogP contribution is -2.08. The van der Waals surface area contributed by atoms with Gasteiger partial charge >= 0.3 is 0 Å². The zero-order valence-electron chi connectivity index (χ0n) is 23.8. The first-order valence-electron chi connectivity index (χ1n) is 13.7. The van der Waals surface area contributed by atoms with E-state index < -0.39 is 0 Å². The number of ether oxygens (including phenoxy) is 3. The Hall–Kier alpha value is -3.82. The molecule has 3 aromatic carbocycles. The molecule has 41 heavy (non-hydrogen) atoms. The van der Waals surface area contributed by atoms with E-state index in [9.17, 15) is 5.11 Å². The third-order valence-corrected chi connectivity index (χ3v) is 7.82. The van der Waals surface area contributed by atoms with E-state index in [1.165, 1.54) is 0 Å². The molecule has 0 unspecified atom stereocenters. The van der Waals surface area contributed by atoms with Gasteiger partial charge in [-0.25, -0.2) is 9.97 Å². The number of anilines is 1. The first-order valence-corrected chi connectivity index (χ1v) is 14.5. The summed E-state index contributed by atoms with van der Waals surface area (Å²) in [5.41, 5.74) is 5.51. The van der Waals surface area contributed by atoms with E-state index >= 15 is 0 Å². The second-order valence-electron chi connectivity index (χ2n) is 9.86. The minimum Gasteiger partial charge on any atom is -0.497 e. The molecule has 0 saturated heterocycles. The number of nitrogens with zero attached hydrogens (tertiary/aromatic N) is 3. The molecule has 0 fully saturated rings. The maximum absolute atomic E-state index is 10.2. The van der Waals surface area contributed by atoms with Crippen molar-refractivity contribution in [2.45, 2.75) is 45.9 Å². The van der Waals surface area contributed by atoms with Crippen LogP contribution in [0.5, 0.6) is 17.2 Å². The van der Waals surface area contributed by atoms with Gasteiger partial charge in [0, 0.05) is 41.0 Å². The second-order valence-corrected chi connectivity index (χ2v) is 10.8. The standard InChI is InChI=1S/C32H35BrN4O4/c1-5-6-7-29-36-30-31(37(29)18-21-9-12-24(39-2)14-22(21)19-38)26-15-23(33)10-13-27(26)35-32(30)34-17-20-8-11-25(40-3)16-28(20)41-4/h8-16,38H,5-7,17-19H2,1-4H3,(H,34,35). The zero-order chi connectivity index (χ0) is 28.9. The molecule has 0 spiro atoms. The van der Waals surface area contributed by atoms with Crippen LogP contribution in [0.15, 0.2) is 59.1 Å². The number of unbranched alkanes of at least 4 members (excludes halogenated alkanes) is 1. The molecule has 0 aliphatic rings. The summed E-state index contributed by atoms with van der Waals surface area (Å²) < 4.78 is 19.6. The number of aromatic nitrogens is 3. The number of aryl methyl sites for hydroxylation is 1. The fraction of sp³-hybridized carbons (Fsp3) is 0.312. The van der Waals surface area contributed by atoms with Crippen LogP contribution in [0, 0.1) is 0 Å². The van der Waals surface area contributed by atoms with Gasteiger partial charge in [0.2, 0.25) is 0 Å². The Morgan fingerprint density at radius 1 is 0.878 bits per heavy atom. The average molecular weight is 620 g/mol. The molecule has 0 amide bonds. The molecule has 214 valence electrons. The lowest BCUT2D eigenvalue weighted by Gasteiger charge is -2.15. The van der Waals surface area contributed by atoms with Crippen LogP contribution in [0.2, 0.25) is 0 Å². The van der Waals surface area contributed by atoms with Crippen LogP contribution in [0.4, 0.5) is 5.82 Å². The highest BCUT2D eigenvalue weighted by atomic mass is 79.9. The lowest BCUT2D eigenvalue weighted by atomic mass is 10.1. The molecule has 5 aromatic rings. The minimum absolute atomic E-state index is 0.0756. The van der Waals surface area contributed by atoms with Gasteiger partial charge in [0.05, 0.1) is 39.0 Å². The van der Waals surface area contributed by atoms with Gasteiger partial charge in [-0.2, -0.15) is 0 Å². The molecule has 0 bridgehead atoms. The molecule has 2 N–H and O–H groups in total. The zero-order valence-corrected chi connectivity index (χ0v) is 25.4. The first-order chi connectivity index (χ1) is 20.0. The summed E-state index contributed by atoms with van der Waals surface area (Å²) in [5, 5.41) is 14.7. The molecular formula is C32H35BrN4O4. The molecule has 0 atom stereocenters. The quantitative estimate of drug-likeness (QED) is 0.158. The van der Waals surface area contributed by atoms with Gasteiger partial charge in [-0.1, -0.05) is 35.3 Å². The smallest absolute Gasteiger partial charge is 0.155 e. The van der Waals surface area contributed by atoms with E-state index in [0.717, 1.165) is 85.4 Å². The number of methoxy groups -OCH3 is 3. The van der Waals surface area contributed by atoms with Crippen molar-refractivity contribution in [1.82, 2.24) is 14.5 Å². The predicted molar refractivity (Wildman–Crippen MR) is 166 cm³/mol. The highest BCUT2D eigenvalue weighted by Crippen LogP contribution is 2.34. The molecule has 2 aromatic heterocycles. The average Bonchev–Trinajstić information content (AvgIpc) is 3.37. The molecule has 0 saturated carbocycles. The fourth-order valence-corrected chi connectivity index (χ4v) is 5.46. The van der Waals surface area contributed by atoms with Crippen LogP contribution in [0.1, 0.15) is 42.3 Å². The van der Waals surface area contributed by atoms with Crippen LogP contribution in [-0.2, 0) is 26.1 Å². The van der Waals surface area contributed by atoms with Gasteiger partial charge in [0.15, 0.2) is 5.82 Å². The van der Waals surface area contributed by atoms with E-state index in [4.69, 9.17) is 24.2 Å². The largest absolute Gasteiger partial charge is 0.497 e. The van der Waals surface area contributed by atoms with Gasteiger partial charge in [-0.15, -0.1) is 0 Å². The van der Waals surface area contributed by atoms with Crippen molar-refractivity contribution in [3.63, 3.8) is 0 Å². The van der Waals surface area contributed by atoms with Crippen LogP contribution < -0.4 is 19.5 Å². The first kappa shape index (κ1) is 28.7. The summed E-state index contributed by atoms with van der Waals surface area (Å²) >= 11 is 3.66. The molecule has 9 heteroatoms. The fourth-order valence-electron chi connectivity index (χ4n) is 5.10. The monoisotopic (exact) mass is 618 g/mol. The van der Waals surface area contributed by atoms with Crippen molar-refractivity contribution in [3.05, 3.63) is 81.6 Å². The van der Waals surface area contributed by atoms with Crippen LogP contribution >= 0.6 is 15.9 Å². The number of aliphatic hydroxyl groups excluding tert-OH is 1. The molecule has 2 heterocycles. The third-order valence-electron chi connectivity index (χ3n) is 7.32. The number of rotatable bonds is 12. The van der Waals surface area contributed by atoms with Crippen LogP contribution in [0.25, 0.3) is 21.9 Å². The maximum Gasteiger partial charge on any atom is 0.155 e. The highest BCUT2D eigenvalue weighted by molar-refractivity contribution is 9.10. The van der Waals surface area contributed by atoms with Crippen molar-refractivity contribution in [1.29, 1.82) is 0 Å². The van der Waals surface area contributed by atoms with Crippen LogP contribution in [-0.4, -0.2) is 41.0 Å². The van der Waals surface area contributed by atoms with E-state index in [-0.39, 0.29) is 6.61 Å². The maximum atomic E-state index is 10.2. The number of pyridine rings is 1. The van der Waals surface area contributed by atoms with E-state index in [2.05, 4.69) is 38.8 Å². The van der Waals surface area contributed by atoms with Gasteiger partial charge in [-0.3, -0.25) is 0 Å². The van der Waals surface area contributed by atoms with Crippen molar-refractivity contribution >= 4 is 43.7 Å². The Labute approximate surface area is 248 Å². The number of fused-ring (bicyclic) bond motifs is 3. The summed E-state index contributed by atoms with van der Waals surface area (Å²) in [7, 11) is 4.93. The summed E-state index contributed by atoms with van der Waals surface area (Å²) in [6, 6.07) is 17.8. The molecule has 0 aliphatic carbocycles.